The van der Waals surface area contributed by atoms with Gasteiger partial charge in [-0.3, -0.25) is 4.98 Å². The molecule has 1 fully saturated rings. The number of nitrogens with zero attached hydrogens (tertiary/aromatic N) is 1. The van der Waals surface area contributed by atoms with Crippen LogP contribution in [0, 0.1) is 5.92 Å². The maximum atomic E-state index is 12.7. The SMILES string of the molecule is FC(F)(F)c1ccc(C2CCC2C2CCCc3cccnc32)cc1. The van der Waals surface area contributed by atoms with Crippen LogP contribution < -0.4 is 0 Å². The molecule has 0 amide bonds. The van der Waals surface area contributed by atoms with Gasteiger partial charge < -0.3 is 0 Å². The Labute approximate surface area is 139 Å². The van der Waals surface area contributed by atoms with Crippen LogP contribution >= 0.6 is 0 Å². The summed E-state index contributed by atoms with van der Waals surface area (Å²) in [4.78, 5) is 4.63. The van der Waals surface area contributed by atoms with Gasteiger partial charge in [0, 0.05) is 17.8 Å². The summed E-state index contributed by atoms with van der Waals surface area (Å²) in [5.74, 6) is 1.33. The van der Waals surface area contributed by atoms with Crippen molar-refractivity contribution in [2.75, 3.05) is 0 Å². The minimum atomic E-state index is -4.26. The van der Waals surface area contributed by atoms with Gasteiger partial charge in [-0.1, -0.05) is 18.2 Å². The second kappa shape index (κ2) is 5.91. The Kier molecular flexibility index (Phi) is 3.86. The van der Waals surface area contributed by atoms with Gasteiger partial charge in [0.2, 0.25) is 0 Å². The van der Waals surface area contributed by atoms with Gasteiger partial charge in [0.15, 0.2) is 0 Å². The predicted octanol–water partition coefficient (Wildman–Crippen LogP) is 5.71. The van der Waals surface area contributed by atoms with Crippen molar-refractivity contribution in [3.05, 3.63) is 65.0 Å². The van der Waals surface area contributed by atoms with E-state index in [0.717, 1.165) is 31.2 Å². The van der Waals surface area contributed by atoms with Crippen molar-refractivity contribution in [3.63, 3.8) is 0 Å². The Morgan fingerprint density at radius 1 is 0.917 bits per heavy atom. The number of fused-ring (bicyclic) bond motifs is 1. The zero-order valence-electron chi connectivity index (χ0n) is 13.4. The first kappa shape index (κ1) is 15.7. The third kappa shape index (κ3) is 2.72. The molecule has 1 heterocycles. The number of hydrogen-bond donors (Lipinski definition) is 0. The van der Waals surface area contributed by atoms with Crippen molar-refractivity contribution in [2.24, 2.45) is 5.92 Å². The topological polar surface area (TPSA) is 12.9 Å². The highest BCUT2D eigenvalue weighted by molar-refractivity contribution is 5.32. The number of pyridine rings is 1. The van der Waals surface area contributed by atoms with Gasteiger partial charge in [0.25, 0.3) is 0 Å². The largest absolute Gasteiger partial charge is 0.416 e. The molecule has 2 aromatic rings. The van der Waals surface area contributed by atoms with Gasteiger partial charge in [-0.25, -0.2) is 0 Å². The molecule has 0 bridgehead atoms. The molecule has 3 atom stereocenters. The van der Waals surface area contributed by atoms with E-state index < -0.39 is 11.7 Å². The van der Waals surface area contributed by atoms with Crippen LogP contribution in [0.5, 0.6) is 0 Å². The number of hydrogen-bond acceptors (Lipinski definition) is 1. The molecule has 0 aliphatic heterocycles. The van der Waals surface area contributed by atoms with Gasteiger partial charge in [-0.05, 0) is 73.3 Å². The first-order valence-electron chi connectivity index (χ1n) is 8.65. The Balaban J connectivity index is 1.57. The zero-order chi connectivity index (χ0) is 16.7. The van der Waals surface area contributed by atoms with E-state index in [0.29, 0.717) is 17.8 Å². The summed E-state index contributed by atoms with van der Waals surface area (Å²) < 4.78 is 38.2. The lowest BCUT2D eigenvalue weighted by atomic mass is 9.61. The van der Waals surface area contributed by atoms with Gasteiger partial charge >= 0.3 is 6.18 Å². The third-order valence-electron chi connectivity index (χ3n) is 5.75. The average molecular weight is 331 g/mol. The minimum absolute atomic E-state index is 0.366. The predicted molar refractivity (Wildman–Crippen MR) is 86.8 cm³/mol. The monoisotopic (exact) mass is 331 g/mol. The molecule has 0 N–H and O–H groups in total. The molecule has 126 valence electrons. The molecule has 0 radical (unpaired) electrons. The highest BCUT2D eigenvalue weighted by Gasteiger charge is 2.40. The molecule has 24 heavy (non-hydrogen) atoms. The molecule has 1 aromatic heterocycles. The molecular weight excluding hydrogens is 311 g/mol. The second-order valence-electron chi connectivity index (χ2n) is 7.01. The molecule has 4 heteroatoms. The summed E-state index contributed by atoms with van der Waals surface area (Å²) >= 11 is 0. The standard InChI is InChI=1S/C20H20F3N/c21-20(22,23)15-8-6-13(7-9-15)16-10-11-17(16)18-5-1-3-14-4-2-12-24-19(14)18/h2,4,6-9,12,16-18H,1,3,5,10-11H2. The van der Waals surface area contributed by atoms with E-state index in [9.17, 15) is 13.2 Å². The van der Waals surface area contributed by atoms with Crippen molar-refractivity contribution >= 4 is 0 Å². The summed E-state index contributed by atoms with van der Waals surface area (Å²) in [6, 6.07) is 9.94. The van der Waals surface area contributed by atoms with Gasteiger partial charge in [0.1, 0.15) is 0 Å². The van der Waals surface area contributed by atoms with Crippen molar-refractivity contribution < 1.29 is 13.2 Å². The lowest BCUT2D eigenvalue weighted by Crippen LogP contribution is -2.32. The maximum Gasteiger partial charge on any atom is 0.416 e. The fourth-order valence-electron chi connectivity index (χ4n) is 4.40. The summed E-state index contributed by atoms with van der Waals surface area (Å²) in [6.45, 7) is 0. The summed E-state index contributed by atoms with van der Waals surface area (Å²) in [6.07, 6.45) is 3.23. The molecular formula is C20H20F3N. The number of benzene rings is 1. The quantitative estimate of drug-likeness (QED) is 0.686. The van der Waals surface area contributed by atoms with Gasteiger partial charge in [-0.15, -0.1) is 0 Å². The first-order valence-corrected chi connectivity index (χ1v) is 8.65. The number of rotatable bonds is 2. The third-order valence-corrected chi connectivity index (χ3v) is 5.75. The highest BCUT2D eigenvalue weighted by Crippen LogP contribution is 2.52. The van der Waals surface area contributed by atoms with Crippen LogP contribution in [0.4, 0.5) is 13.2 Å². The maximum absolute atomic E-state index is 12.7. The molecule has 0 spiro atoms. The lowest BCUT2D eigenvalue weighted by molar-refractivity contribution is -0.137. The fourth-order valence-corrected chi connectivity index (χ4v) is 4.40. The number of alkyl halides is 3. The Bertz CT molecular complexity index is 720. The Morgan fingerprint density at radius 2 is 1.71 bits per heavy atom. The Hall–Kier alpha value is -1.84. The van der Waals surface area contributed by atoms with E-state index >= 15 is 0 Å². The average Bonchev–Trinajstić information content (AvgIpc) is 2.54. The smallest absolute Gasteiger partial charge is 0.261 e. The summed E-state index contributed by atoms with van der Waals surface area (Å²) in [7, 11) is 0. The van der Waals surface area contributed by atoms with Crippen LogP contribution in [-0.4, -0.2) is 4.98 Å². The van der Waals surface area contributed by atoms with E-state index in [4.69, 9.17) is 0 Å². The van der Waals surface area contributed by atoms with Gasteiger partial charge in [-0.2, -0.15) is 13.2 Å². The lowest BCUT2D eigenvalue weighted by Gasteiger charge is -2.44. The van der Waals surface area contributed by atoms with Crippen LogP contribution in [0.3, 0.4) is 0 Å². The molecule has 1 saturated carbocycles. The number of aromatic nitrogens is 1. The van der Waals surface area contributed by atoms with Crippen molar-refractivity contribution in [1.82, 2.24) is 4.98 Å². The van der Waals surface area contributed by atoms with Crippen LogP contribution in [0.25, 0.3) is 0 Å². The zero-order valence-corrected chi connectivity index (χ0v) is 13.4. The van der Waals surface area contributed by atoms with E-state index in [1.54, 1.807) is 12.1 Å². The molecule has 2 aliphatic carbocycles. The van der Waals surface area contributed by atoms with E-state index in [1.807, 2.05) is 12.3 Å². The first-order chi connectivity index (χ1) is 11.5. The van der Waals surface area contributed by atoms with Crippen LogP contribution in [0.15, 0.2) is 42.6 Å². The second-order valence-corrected chi connectivity index (χ2v) is 7.01. The van der Waals surface area contributed by atoms with E-state index in [-0.39, 0.29) is 0 Å². The van der Waals surface area contributed by atoms with Gasteiger partial charge in [0.05, 0.1) is 5.56 Å². The van der Waals surface area contributed by atoms with Crippen LogP contribution in [0.2, 0.25) is 0 Å². The Morgan fingerprint density at radius 3 is 2.38 bits per heavy atom. The van der Waals surface area contributed by atoms with E-state index in [1.165, 1.54) is 29.8 Å². The minimum Gasteiger partial charge on any atom is -0.261 e. The van der Waals surface area contributed by atoms with Crippen molar-refractivity contribution in [1.29, 1.82) is 0 Å². The fraction of sp³-hybridized carbons (Fsp3) is 0.450. The summed E-state index contributed by atoms with van der Waals surface area (Å²) in [5, 5.41) is 0. The van der Waals surface area contributed by atoms with Crippen molar-refractivity contribution in [3.8, 4) is 0 Å². The molecule has 3 unspecified atom stereocenters. The molecule has 0 saturated heterocycles. The highest BCUT2D eigenvalue weighted by atomic mass is 19.4. The van der Waals surface area contributed by atoms with Crippen LogP contribution in [0.1, 0.15) is 59.9 Å². The molecule has 2 aliphatic rings. The van der Waals surface area contributed by atoms with Crippen molar-refractivity contribution in [2.45, 2.75) is 50.1 Å². The summed E-state index contributed by atoms with van der Waals surface area (Å²) in [5.41, 5.74) is 3.06. The number of aryl methyl sites for hydroxylation is 1. The van der Waals surface area contributed by atoms with Crippen LogP contribution in [-0.2, 0) is 12.6 Å². The number of halogens is 3. The molecule has 4 rings (SSSR count). The normalized spacial score (nSPS) is 26.5. The molecule has 1 nitrogen and oxygen atoms in total. The van der Waals surface area contributed by atoms with E-state index in [2.05, 4.69) is 11.1 Å². The molecule has 1 aromatic carbocycles.